The third-order valence-electron chi connectivity index (χ3n) is 4.74. The van der Waals surface area contributed by atoms with Crippen molar-refractivity contribution in [2.24, 2.45) is 0 Å². The molecular weight excluding hydrogens is 627 g/mol. The zero-order valence-electron chi connectivity index (χ0n) is 18.6. The van der Waals surface area contributed by atoms with Gasteiger partial charge in [0, 0.05) is 11.8 Å². The lowest BCUT2D eigenvalue weighted by atomic mass is 10.1. The number of nitro groups is 1. The van der Waals surface area contributed by atoms with E-state index in [1.165, 1.54) is 25.3 Å². The number of nitrogens with one attached hydrogen (secondary N) is 1. The Labute approximate surface area is 224 Å². The molecule has 3 rings (SSSR count). The van der Waals surface area contributed by atoms with Crippen molar-refractivity contribution in [1.82, 2.24) is 0 Å². The number of carbonyl (C=O) groups is 1. The Morgan fingerprint density at radius 1 is 1.11 bits per heavy atom. The largest absolute Gasteiger partial charge is 0.497 e. The highest BCUT2D eigenvalue weighted by atomic mass is 79.9. The maximum Gasteiger partial charge on any atom is 0.416 e. The van der Waals surface area contributed by atoms with E-state index in [2.05, 4.69) is 37.2 Å². The Morgan fingerprint density at radius 2 is 1.73 bits per heavy atom. The molecule has 190 valence electrons. The molecule has 0 aromatic heterocycles. The van der Waals surface area contributed by atoms with Crippen LogP contribution in [0.5, 0.6) is 17.2 Å². The van der Waals surface area contributed by atoms with Crippen molar-refractivity contribution in [2.45, 2.75) is 6.18 Å². The molecule has 0 radical (unpaired) electrons. The lowest BCUT2D eigenvalue weighted by Gasteiger charge is -2.13. The van der Waals surface area contributed by atoms with Crippen LogP contribution in [0.25, 0.3) is 6.08 Å². The van der Waals surface area contributed by atoms with Crippen LogP contribution in [0.3, 0.4) is 0 Å². The maximum absolute atomic E-state index is 13.0. The molecule has 0 aliphatic rings. The molecule has 0 unspecified atom stereocenters. The van der Waals surface area contributed by atoms with Crippen molar-refractivity contribution >= 4 is 55.2 Å². The summed E-state index contributed by atoms with van der Waals surface area (Å²) >= 11 is 6.50. The summed E-state index contributed by atoms with van der Waals surface area (Å²) in [7, 11) is 1.50. The maximum atomic E-state index is 13.0. The van der Waals surface area contributed by atoms with Gasteiger partial charge < -0.3 is 14.8 Å². The number of halogens is 5. The summed E-state index contributed by atoms with van der Waals surface area (Å²) in [6.45, 7) is 0. The number of anilines is 1. The molecule has 3 aromatic carbocycles. The molecule has 0 saturated carbocycles. The summed E-state index contributed by atoms with van der Waals surface area (Å²) in [5, 5.41) is 23.4. The Balaban J connectivity index is 1.88. The molecule has 1 N–H and O–H groups in total. The Hall–Kier alpha value is -3.89. The quantitative estimate of drug-likeness (QED) is 0.124. The van der Waals surface area contributed by atoms with Crippen LogP contribution >= 0.6 is 31.9 Å². The summed E-state index contributed by atoms with van der Waals surface area (Å²) in [5.74, 6) is -0.464. The van der Waals surface area contributed by atoms with E-state index in [-0.39, 0.29) is 20.3 Å². The number of benzene rings is 3. The van der Waals surface area contributed by atoms with E-state index in [1.54, 1.807) is 24.3 Å². The highest BCUT2D eigenvalue weighted by Crippen LogP contribution is 2.42. The summed E-state index contributed by atoms with van der Waals surface area (Å²) in [6.07, 6.45) is -3.46. The van der Waals surface area contributed by atoms with Gasteiger partial charge in [-0.3, -0.25) is 14.9 Å². The summed E-state index contributed by atoms with van der Waals surface area (Å²) < 4.78 is 50.0. The predicted octanol–water partition coefficient (Wildman–Crippen LogP) is 7.49. The second kappa shape index (κ2) is 11.4. The van der Waals surface area contributed by atoms with E-state index in [9.17, 15) is 33.3 Å². The first-order valence-electron chi connectivity index (χ1n) is 10.0. The molecule has 0 aliphatic carbocycles. The number of amides is 1. The molecule has 0 saturated heterocycles. The Bertz CT molecular complexity index is 1410. The zero-order chi connectivity index (χ0) is 27.3. The lowest BCUT2D eigenvalue weighted by Crippen LogP contribution is -2.13. The van der Waals surface area contributed by atoms with Crippen LogP contribution < -0.4 is 14.8 Å². The number of methoxy groups -OCH3 is 1. The van der Waals surface area contributed by atoms with Crippen LogP contribution in [0.4, 0.5) is 24.5 Å². The number of carbonyl (C=O) groups excluding carboxylic acids is 1. The van der Waals surface area contributed by atoms with E-state index < -0.39 is 34.0 Å². The van der Waals surface area contributed by atoms with Gasteiger partial charge in [0.2, 0.25) is 5.75 Å². The lowest BCUT2D eigenvalue weighted by molar-refractivity contribution is -0.385. The van der Waals surface area contributed by atoms with Gasteiger partial charge in [-0.15, -0.1) is 0 Å². The van der Waals surface area contributed by atoms with Crippen molar-refractivity contribution in [2.75, 3.05) is 12.4 Å². The minimum Gasteiger partial charge on any atom is -0.497 e. The second-order valence-corrected chi connectivity index (χ2v) is 8.91. The minimum absolute atomic E-state index is 0.0289. The van der Waals surface area contributed by atoms with Crippen LogP contribution in [-0.4, -0.2) is 17.9 Å². The van der Waals surface area contributed by atoms with E-state index in [4.69, 9.17) is 9.47 Å². The molecule has 0 bridgehead atoms. The topological polar surface area (TPSA) is 114 Å². The first-order valence-corrected chi connectivity index (χ1v) is 11.6. The summed E-state index contributed by atoms with van der Waals surface area (Å²) in [4.78, 5) is 22.9. The molecule has 13 heteroatoms. The Kier molecular flexibility index (Phi) is 8.57. The summed E-state index contributed by atoms with van der Waals surface area (Å²) in [6, 6.07) is 13.1. The number of nitrogens with zero attached hydrogens (tertiary/aromatic N) is 2. The van der Waals surface area contributed by atoms with Gasteiger partial charge in [0.05, 0.1) is 26.5 Å². The monoisotopic (exact) mass is 639 g/mol. The van der Waals surface area contributed by atoms with Gasteiger partial charge in [-0.05, 0) is 92.0 Å². The normalized spacial score (nSPS) is 11.4. The molecule has 8 nitrogen and oxygen atoms in total. The van der Waals surface area contributed by atoms with Gasteiger partial charge in [0.1, 0.15) is 17.4 Å². The van der Waals surface area contributed by atoms with Crippen LogP contribution in [0, 0.1) is 21.4 Å². The van der Waals surface area contributed by atoms with Crippen molar-refractivity contribution in [3.05, 3.63) is 90.4 Å². The third-order valence-corrected chi connectivity index (χ3v) is 5.92. The number of nitro benzene ring substituents is 1. The van der Waals surface area contributed by atoms with Gasteiger partial charge >= 0.3 is 11.9 Å². The third kappa shape index (κ3) is 6.87. The fraction of sp³-hybridized carbons (Fsp3) is 0.0833. The predicted molar refractivity (Wildman–Crippen MR) is 135 cm³/mol. The van der Waals surface area contributed by atoms with Crippen LogP contribution in [0.15, 0.2) is 69.1 Å². The average molecular weight is 641 g/mol. The van der Waals surface area contributed by atoms with Crippen LogP contribution in [0.1, 0.15) is 11.1 Å². The van der Waals surface area contributed by atoms with Crippen molar-refractivity contribution in [3.8, 4) is 23.3 Å². The van der Waals surface area contributed by atoms with E-state index >= 15 is 0 Å². The highest BCUT2D eigenvalue weighted by molar-refractivity contribution is 9.11. The SMILES string of the molecule is COc1ccc(NC(=O)/C(C#N)=C/c2cc(Br)c(Oc3ccc(C(F)(F)F)cc3[N+](=O)[O-])c(Br)c2)cc1. The smallest absolute Gasteiger partial charge is 0.416 e. The standard InChI is InChI=1S/C24H14Br2F3N3O5/c1-36-17-5-3-16(4-6-17)31-23(33)14(12-30)8-13-9-18(25)22(19(26)10-13)37-21-7-2-15(24(27,28)29)11-20(21)32(34)35/h2-11H,1H3,(H,31,33)/b14-8+. The van der Waals surface area contributed by atoms with Crippen molar-refractivity contribution in [3.63, 3.8) is 0 Å². The molecular formula is C24H14Br2F3N3O5. The van der Waals surface area contributed by atoms with Crippen molar-refractivity contribution in [1.29, 1.82) is 5.26 Å². The van der Waals surface area contributed by atoms with Gasteiger partial charge in [0.25, 0.3) is 5.91 Å². The van der Waals surface area contributed by atoms with Gasteiger partial charge in [0.15, 0.2) is 5.75 Å². The fourth-order valence-electron chi connectivity index (χ4n) is 2.98. The first-order chi connectivity index (χ1) is 17.4. The fourth-order valence-corrected chi connectivity index (χ4v) is 4.36. The molecule has 1 amide bonds. The second-order valence-electron chi connectivity index (χ2n) is 7.21. The average Bonchev–Trinajstić information content (AvgIpc) is 2.84. The number of hydrogen-bond acceptors (Lipinski definition) is 6. The van der Waals surface area contributed by atoms with Gasteiger partial charge in [-0.1, -0.05) is 0 Å². The number of ether oxygens (including phenoxy) is 2. The molecule has 0 spiro atoms. The Morgan fingerprint density at radius 3 is 2.24 bits per heavy atom. The molecule has 0 aliphatic heterocycles. The van der Waals surface area contributed by atoms with E-state index in [0.29, 0.717) is 29.1 Å². The van der Waals surface area contributed by atoms with Crippen molar-refractivity contribution < 1.29 is 32.4 Å². The minimum atomic E-state index is -4.77. The number of alkyl halides is 3. The number of nitriles is 1. The van der Waals surface area contributed by atoms with Crippen LogP contribution in [-0.2, 0) is 11.0 Å². The molecule has 37 heavy (non-hydrogen) atoms. The molecule has 0 heterocycles. The number of rotatable bonds is 7. The van der Waals surface area contributed by atoms with Gasteiger partial charge in [-0.2, -0.15) is 18.4 Å². The van der Waals surface area contributed by atoms with E-state index in [0.717, 1.165) is 6.07 Å². The molecule has 3 aromatic rings. The number of hydrogen-bond donors (Lipinski definition) is 1. The van der Waals surface area contributed by atoms with E-state index in [1.807, 2.05) is 6.07 Å². The first kappa shape index (κ1) is 27.7. The zero-order valence-corrected chi connectivity index (χ0v) is 21.8. The molecule has 0 atom stereocenters. The molecule has 0 fully saturated rings. The van der Waals surface area contributed by atoms with Crippen LogP contribution in [0.2, 0.25) is 0 Å². The van der Waals surface area contributed by atoms with Gasteiger partial charge in [-0.25, -0.2) is 0 Å². The summed E-state index contributed by atoms with van der Waals surface area (Å²) in [5.41, 5.74) is -1.46. The highest BCUT2D eigenvalue weighted by Gasteiger charge is 2.33.